The first-order valence-corrected chi connectivity index (χ1v) is 17.0. The average Bonchev–Trinajstić information content (AvgIpc) is 2.57. The number of aldehydes is 1. The van der Waals surface area contributed by atoms with Crippen molar-refractivity contribution in [3.63, 3.8) is 0 Å². The second kappa shape index (κ2) is 8.29. The molecule has 31 heavy (non-hydrogen) atoms. The number of carbonyl (C=O) groups is 1. The minimum Gasteiger partial charge on any atom is -0.410 e. The number of carbonyl (C=O) groups excluding carboxylic acids is 1. The first kappa shape index (κ1) is 25.5. The smallest absolute Gasteiger partial charge is 0.349 e. The van der Waals surface area contributed by atoms with Gasteiger partial charge in [0.15, 0.2) is 8.32 Å². The van der Waals surface area contributed by atoms with Gasteiger partial charge in [-0.3, -0.25) is 0 Å². The molecule has 0 aromatic heterocycles. The topological polar surface area (TPSA) is 63.2 Å². The van der Waals surface area contributed by atoms with Gasteiger partial charge in [-0.05, 0) is 26.6 Å². The fourth-order valence-electron chi connectivity index (χ4n) is 5.97. The summed E-state index contributed by atoms with van der Waals surface area (Å²) in [6.45, 7) is 22.5. The summed E-state index contributed by atoms with van der Waals surface area (Å²) in [6.07, 6.45) is 2.24. The average molecular weight is 473 g/mol. The summed E-state index contributed by atoms with van der Waals surface area (Å²) in [5.74, 6) is 0. The van der Waals surface area contributed by atoms with E-state index in [0.717, 1.165) is 19.1 Å². The Balaban J connectivity index is 1.82. The van der Waals surface area contributed by atoms with Gasteiger partial charge in [-0.2, -0.15) is 0 Å². The van der Waals surface area contributed by atoms with Gasteiger partial charge in [0.2, 0.25) is 0 Å². The fraction of sp³-hybridized carbons (Fsp3) is 0.957. The molecule has 3 aliphatic rings. The summed E-state index contributed by atoms with van der Waals surface area (Å²) < 4.78 is 33.1. The maximum Gasteiger partial charge on any atom is 0.349 e. The zero-order chi connectivity index (χ0) is 23.5. The van der Waals surface area contributed by atoms with Crippen molar-refractivity contribution in [3.05, 3.63) is 0 Å². The second-order valence-electron chi connectivity index (χ2n) is 12.8. The van der Waals surface area contributed by atoms with Crippen molar-refractivity contribution in [1.29, 1.82) is 0 Å². The Labute approximate surface area is 191 Å². The van der Waals surface area contributed by atoms with Crippen LogP contribution >= 0.6 is 0 Å². The number of rotatable bonds is 4. The Morgan fingerprint density at radius 3 is 2.13 bits per heavy atom. The van der Waals surface area contributed by atoms with E-state index in [1.807, 2.05) is 0 Å². The number of fused-ring (bicyclic) bond motifs is 2. The summed E-state index contributed by atoms with van der Waals surface area (Å²) in [5, 5.41) is -0.130. The van der Waals surface area contributed by atoms with E-state index < -0.39 is 22.5 Å². The van der Waals surface area contributed by atoms with Crippen LogP contribution in [0.15, 0.2) is 0 Å². The molecule has 0 aliphatic carbocycles. The molecule has 0 N–H and O–H groups in total. The Bertz CT molecular complexity index is 650. The van der Waals surface area contributed by atoms with Crippen LogP contribution in [0.4, 0.5) is 0 Å². The van der Waals surface area contributed by atoms with Crippen LogP contribution in [-0.2, 0) is 27.5 Å². The largest absolute Gasteiger partial charge is 0.410 e. The van der Waals surface area contributed by atoms with Crippen molar-refractivity contribution in [1.82, 2.24) is 0 Å². The molecule has 3 heterocycles. The van der Waals surface area contributed by atoms with E-state index in [1.54, 1.807) is 0 Å². The van der Waals surface area contributed by atoms with Gasteiger partial charge in [0.1, 0.15) is 12.4 Å². The van der Waals surface area contributed by atoms with Crippen LogP contribution in [0.1, 0.15) is 67.7 Å². The molecule has 8 heteroatoms. The van der Waals surface area contributed by atoms with Gasteiger partial charge in [0, 0.05) is 29.3 Å². The molecule has 0 amide bonds. The summed E-state index contributed by atoms with van der Waals surface area (Å²) in [4.78, 5) is 11.4. The Kier molecular flexibility index (Phi) is 6.82. The third kappa shape index (κ3) is 4.90. The van der Waals surface area contributed by atoms with Gasteiger partial charge in [0.05, 0.1) is 36.6 Å². The predicted octanol–water partition coefficient (Wildman–Crippen LogP) is 4.96. The monoisotopic (exact) mass is 472 g/mol. The summed E-state index contributed by atoms with van der Waals surface area (Å²) >= 11 is 0. The second-order valence-corrected chi connectivity index (χ2v) is 22.0. The van der Waals surface area contributed by atoms with Crippen molar-refractivity contribution in [3.8, 4) is 0 Å². The van der Waals surface area contributed by atoms with Gasteiger partial charge in [0.25, 0.3) is 0 Å². The number of ether oxygens (including phenoxy) is 2. The van der Waals surface area contributed by atoms with Crippen molar-refractivity contribution >= 4 is 23.2 Å². The van der Waals surface area contributed by atoms with E-state index in [1.165, 1.54) is 0 Å². The van der Waals surface area contributed by atoms with Gasteiger partial charge in [-0.15, -0.1) is 0 Å². The molecule has 3 aliphatic heterocycles. The highest BCUT2D eigenvalue weighted by Gasteiger charge is 2.64. The minimum atomic E-state index is -2.55. The Hall–Kier alpha value is -0.0962. The molecule has 0 aromatic carbocycles. The van der Waals surface area contributed by atoms with E-state index in [9.17, 15) is 4.79 Å². The van der Waals surface area contributed by atoms with Crippen LogP contribution in [0.2, 0.25) is 29.7 Å². The van der Waals surface area contributed by atoms with Crippen molar-refractivity contribution in [2.45, 2.75) is 134 Å². The van der Waals surface area contributed by atoms with Crippen molar-refractivity contribution < 1.29 is 27.5 Å². The molecule has 6 atom stereocenters. The SMILES string of the molecule is CC(C)(C)[Si]1(C(C)(C)C)OC[C@H]2O[C@H]3C[C@@](C)(O[Si](C)(C)C)[C@H](CC=O)O[C@@H]3C[C@@H]2O1. The Morgan fingerprint density at radius 2 is 1.61 bits per heavy atom. The lowest BCUT2D eigenvalue weighted by molar-refractivity contribution is -0.272. The molecule has 0 radical (unpaired) electrons. The van der Waals surface area contributed by atoms with Gasteiger partial charge in [-0.1, -0.05) is 41.5 Å². The molecule has 0 unspecified atom stereocenters. The lowest BCUT2D eigenvalue weighted by Crippen LogP contribution is -2.69. The van der Waals surface area contributed by atoms with E-state index >= 15 is 0 Å². The van der Waals surface area contributed by atoms with Gasteiger partial charge >= 0.3 is 8.56 Å². The van der Waals surface area contributed by atoms with E-state index in [4.69, 9.17) is 22.8 Å². The summed E-state index contributed by atoms with van der Waals surface area (Å²) in [5.41, 5.74) is -0.523. The third-order valence-corrected chi connectivity index (χ3v) is 13.1. The third-order valence-electron chi connectivity index (χ3n) is 6.86. The molecule has 3 saturated heterocycles. The van der Waals surface area contributed by atoms with E-state index in [2.05, 4.69) is 68.1 Å². The highest BCUT2D eigenvalue weighted by molar-refractivity contribution is 6.73. The Morgan fingerprint density at radius 1 is 1.00 bits per heavy atom. The first-order valence-electron chi connectivity index (χ1n) is 11.8. The highest BCUT2D eigenvalue weighted by atomic mass is 28.4. The molecule has 3 fully saturated rings. The van der Waals surface area contributed by atoms with Gasteiger partial charge < -0.3 is 27.5 Å². The lowest BCUT2D eigenvalue weighted by Gasteiger charge is -2.58. The summed E-state index contributed by atoms with van der Waals surface area (Å²) in [6, 6.07) is 0. The van der Waals surface area contributed by atoms with Crippen LogP contribution in [0.3, 0.4) is 0 Å². The van der Waals surface area contributed by atoms with Crippen LogP contribution in [0, 0.1) is 0 Å². The normalized spacial score (nSPS) is 38.8. The molecule has 3 rings (SSSR count). The summed E-state index contributed by atoms with van der Waals surface area (Å²) in [7, 11) is -4.39. The molecule has 0 aromatic rings. The zero-order valence-corrected chi connectivity index (χ0v) is 23.2. The quantitative estimate of drug-likeness (QED) is 0.426. The minimum absolute atomic E-state index is 0.0423. The van der Waals surface area contributed by atoms with Crippen LogP contribution in [0.5, 0.6) is 0 Å². The van der Waals surface area contributed by atoms with Gasteiger partial charge in [-0.25, -0.2) is 0 Å². The maximum atomic E-state index is 11.4. The molecule has 0 spiro atoms. The zero-order valence-electron chi connectivity index (χ0n) is 21.2. The molecular weight excluding hydrogens is 428 g/mol. The molecule has 0 bridgehead atoms. The molecular formula is C23H44O6Si2. The van der Waals surface area contributed by atoms with E-state index in [-0.39, 0.29) is 40.6 Å². The molecule has 0 saturated carbocycles. The predicted molar refractivity (Wildman–Crippen MR) is 126 cm³/mol. The molecule has 6 nitrogen and oxygen atoms in total. The van der Waals surface area contributed by atoms with E-state index in [0.29, 0.717) is 13.0 Å². The fourth-order valence-corrected chi connectivity index (χ4v) is 12.5. The van der Waals surface area contributed by atoms with Crippen LogP contribution in [-0.4, -0.2) is 65.9 Å². The lowest BCUT2D eigenvalue weighted by atomic mass is 9.82. The number of hydrogen-bond donors (Lipinski definition) is 0. The van der Waals surface area contributed by atoms with Crippen molar-refractivity contribution in [2.75, 3.05) is 6.61 Å². The standard InChI is InChI=1S/C23H44O6Si2/c1-21(2,3)31(22(4,5)6)25-15-19-17(28-31)13-16-18(26-19)14-23(7,29-30(8,9)10)20(27-16)11-12-24/h12,16-20H,11,13-15H2,1-10H3/t16-,17+,18+,19-,20+,23-/m1/s1. The molecule has 180 valence electrons. The van der Waals surface area contributed by atoms with Crippen LogP contribution < -0.4 is 0 Å². The van der Waals surface area contributed by atoms with Crippen molar-refractivity contribution in [2.24, 2.45) is 0 Å². The maximum absolute atomic E-state index is 11.4. The highest BCUT2D eigenvalue weighted by Crippen LogP contribution is 2.55. The van der Waals surface area contributed by atoms with Crippen LogP contribution in [0.25, 0.3) is 0 Å². The number of hydrogen-bond acceptors (Lipinski definition) is 6. The first-order chi connectivity index (χ1) is 14.0.